The maximum atomic E-state index is 6.31. The van der Waals surface area contributed by atoms with E-state index in [1.165, 1.54) is 18.4 Å². The first kappa shape index (κ1) is 14.5. The van der Waals surface area contributed by atoms with E-state index in [1.807, 2.05) is 0 Å². The highest BCUT2D eigenvalue weighted by molar-refractivity contribution is 5.20. The minimum Gasteiger partial charge on any atom is -0.354 e. The van der Waals surface area contributed by atoms with Crippen molar-refractivity contribution in [2.45, 2.75) is 58.4 Å². The Morgan fingerprint density at radius 3 is 2.58 bits per heavy atom. The van der Waals surface area contributed by atoms with Crippen LogP contribution in [0.25, 0.3) is 0 Å². The van der Waals surface area contributed by atoms with E-state index in [4.69, 9.17) is 4.74 Å². The zero-order valence-corrected chi connectivity index (χ0v) is 12.7. The molecule has 1 heterocycles. The molecular formula is C17H27NO. The number of likely N-dealkylation sites (N-methyl/N-ethyl adjacent to an activating group) is 1. The predicted molar refractivity (Wildman–Crippen MR) is 80.0 cm³/mol. The summed E-state index contributed by atoms with van der Waals surface area (Å²) in [6.45, 7) is 6.86. The Morgan fingerprint density at radius 1 is 1.26 bits per heavy atom. The van der Waals surface area contributed by atoms with E-state index < -0.39 is 0 Å². The van der Waals surface area contributed by atoms with Gasteiger partial charge >= 0.3 is 0 Å². The zero-order chi connectivity index (χ0) is 13.8. The maximum absolute atomic E-state index is 6.31. The van der Waals surface area contributed by atoms with E-state index in [0.717, 1.165) is 12.3 Å². The summed E-state index contributed by atoms with van der Waals surface area (Å²) in [4.78, 5) is 2.39. The van der Waals surface area contributed by atoms with Crippen LogP contribution in [0, 0.1) is 5.92 Å². The van der Waals surface area contributed by atoms with Crippen LogP contribution in [0.2, 0.25) is 0 Å². The predicted octanol–water partition coefficient (Wildman–Crippen LogP) is 4.23. The van der Waals surface area contributed by atoms with Crippen LogP contribution in [0.5, 0.6) is 0 Å². The molecule has 106 valence electrons. The number of nitrogens with zero attached hydrogens (tertiary/aromatic N) is 1. The molecule has 0 bridgehead atoms. The van der Waals surface area contributed by atoms with Crippen LogP contribution in [0.15, 0.2) is 30.3 Å². The molecule has 2 heteroatoms. The molecule has 0 aromatic heterocycles. The van der Waals surface area contributed by atoms with Crippen molar-refractivity contribution in [3.8, 4) is 0 Å². The van der Waals surface area contributed by atoms with Crippen molar-refractivity contribution in [2.24, 2.45) is 5.92 Å². The first-order valence-corrected chi connectivity index (χ1v) is 7.55. The lowest BCUT2D eigenvalue weighted by Crippen LogP contribution is -2.32. The summed E-state index contributed by atoms with van der Waals surface area (Å²) in [5.74, 6) is 0.735. The smallest absolute Gasteiger partial charge is 0.111 e. The van der Waals surface area contributed by atoms with Gasteiger partial charge < -0.3 is 4.74 Å². The Balaban J connectivity index is 2.02. The second-order valence-corrected chi connectivity index (χ2v) is 5.96. The summed E-state index contributed by atoms with van der Waals surface area (Å²) in [7, 11) is 2.19. The van der Waals surface area contributed by atoms with E-state index in [-0.39, 0.29) is 12.3 Å². The fourth-order valence-electron chi connectivity index (χ4n) is 3.03. The number of hydrogen-bond donors (Lipinski definition) is 0. The van der Waals surface area contributed by atoms with Gasteiger partial charge in [-0.05, 0) is 31.9 Å². The minimum absolute atomic E-state index is 0.213. The molecule has 0 N–H and O–H groups in total. The molecule has 0 unspecified atom stereocenters. The van der Waals surface area contributed by atoms with Crippen molar-refractivity contribution >= 4 is 0 Å². The van der Waals surface area contributed by atoms with Crippen molar-refractivity contribution < 1.29 is 4.74 Å². The van der Waals surface area contributed by atoms with Gasteiger partial charge in [0.1, 0.15) is 6.23 Å². The van der Waals surface area contributed by atoms with Crippen molar-refractivity contribution in [1.82, 2.24) is 4.90 Å². The fourth-order valence-corrected chi connectivity index (χ4v) is 3.03. The van der Waals surface area contributed by atoms with Gasteiger partial charge in [-0.25, -0.2) is 0 Å². The van der Waals surface area contributed by atoms with E-state index in [9.17, 15) is 0 Å². The largest absolute Gasteiger partial charge is 0.354 e. The lowest BCUT2D eigenvalue weighted by Gasteiger charge is -2.23. The van der Waals surface area contributed by atoms with Crippen molar-refractivity contribution in [1.29, 1.82) is 0 Å². The molecule has 1 aromatic rings. The Bertz CT molecular complexity index is 378. The lowest BCUT2D eigenvalue weighted by molar-refractivity contribution is -0.00793. The summed E-state index contributed by atoms with van der Waals surface area (Å²) in [6.07, 6.45) is 4.16. The third-order valence-corrected chi connectivity index (χ3v) is 4.35. The monoisotopic (exact) mass is 261 g/mol. The normalized spacial score (nSPS) is 29.6. The van der Waals surface area contributed by atoms with E-state index in [1.54, 1.807) is 0 Å². The third-order valence-electron chi connectivity index (χ3n) is 4.35. The van der Waals surface area contributed by atoms with E-state index in [2.05, 4.69) is 63.1 Å². The van der Waals surface area contributed by atoms with Gasteiger partial charge in [-0.3, -0.25) is 4.90 Å². The Hall–Kier alpha value is -0.860. The van der Waals surface area contributed by atoms with Crippen LogP contribution in [0.3, 0.4) is 0 Å². The second kappa shape index (κ2) is 6.53. The van der Waals surface area contributed by atoms with Gasteiger partial charge in [0.2, 0.25) is 0 Å². The number of ether oxygens (including phenoxy) is 1. The molecule has 1 saturated heterocycles. The molecular weight excluding hydrogens is 234 g/mol. The maximum Gasteiger partial charge on any atom is 0.111 e. The van der Waals surface area contributed by atoms with Crippen LogP contribution in [0.4, 0.5) is 0 Å². The average Bonchev–Trinajstić information content (AvgIpc) is 2.68. The van der Waals surface area contributed by atoms with Gasteiger partial charge in [0.15, 0.2) is 0 Å². The lowest BCUT2D eigenvalue weighted by atomic mass is 10.0. The molecule has 1 aliphatic rings. The van der Waals surface area contributed by atoms with Crippen LogP contribution in [-0.4, -0.2) is 24.2 Å². The zero-order valence-electron chi connectivity index (χ0n) is 12.7. The summed E-state index contributed by atoms with van der Waals surface area (Å²) in [5, 5.41) is 0. The highest BCUT2D eigenvalue weighted by Gasteiger charge is 2.38. The molecule has 19 heavy (non-hydrogen) atoms. The number of hydrogen-bond acceptors (Lipinski definition) is 2. The van der Waals surface area contributed by atoms with Crippen LogP contribution in [0.1, 0.15) is 51.7 Å². The fraction of sp³-hybridized carbons (Fsp3) is 0.647. The van der Waals surface area contributed by atoms with E-state index >= 15 is 0 Å². The molecule has 0 amide bonds. The van der Waals surface area contributed by atoms with Crippen molar-refractivity contribution in [3.63, 3.8) is 0 Å². The van der Waals surface area contributed by atoms with Gasteiger partial charge in [0, 0.05) is 6.04 Å². The molecule has 0 radical (unpaired) electrons. The van der Waals surface area contributed by atoms with E-state index in [0.29, 0.717) is 6.04 Å². The number of benzene rings is 1. The molecule has 2 nitrogen and oxygen atoms in total. The second-order valence-electron chi connectivity index (χ2n) is 5.96. The van der Waals surface area contributed by atoms with Gasteiger partial charge in [-0.15, -0.1) is 0 Å². The Labute approximate surface area is 117 Å². The van der Waals surface area contributed by atoms with Crippen LogP contribution >= 0.6 is 0 Å². The average molecular weight is 261 g/mol. The first-order chi connectivity index (χ1) is 9.13. The van der Waals surface area contributed by atoms with Crippen molar-refractivity contribution in [2.75, 3.05) is 7.05 Å². The van der Waals surface area contributed by atoms with Crippen LogP contribution in [-0.2, 0) is 4.74 Å². The Kier molecular flexibility index (Phi) is 5.00. The minimum atomic E-state index is 0.213. The molecule has 0 saturated carbocycles. The SMILES string of the molecule is CCC[C@@H](C)C[C@@H]1O[C@H](c2ccccc2)[C@H](C)N1C. The number of rotatable bonds is 5. The third kappa shape index (κ3) is 3.37. The summed E-state index contributed by atoms with van der Waals surface area (Å²) in [5.41, 5.74) is 1.30. The van der Waals surface area contributed by atoms with Crippen LogP contribution < -0.4 is 0 Å². The topological polar surface area (TPSA) is 12.5 Å². The molecule has 1 aromatic carbocycles. The molecule has 0 aliphatic carbocycles. The highest BCUT2D eigenvalue weighted by atomic mass is 16.5. The summed E-state index contributed by atoms with van der Waals surface area (Å²) >= 11 is 0. The highest BCUT2D eigenvalue weighted by Crippen LogP contribution is 2.36. The quantitative estimate of drug-likeness (QED) is 0.786. The summed E-state index contributed by atoms with van der Waals surface area (Å²) < 4.78 is 6.31. The standard InChI is InChI=1S/C17H27NO/c1-5-9-13(2)12-16-18(4)14(3)17(19-16)15-10-7-6-8-11-15/h6-8,10-11,13-14,16-17H,5,9,12H2,1-4H3/t13-,14+,16+,17+/m1/s1. The van der Waals surface area contributed by atoms with Gasteiger partial charge in [-0.2, -0.15) is 0 Å². The van der Waals surface area contributed by atoms with Gasteiger partial charge in [0.05, 0.1) is 6.10 Å². The molecule has 1 fully saturated rings. The molecule has 4 atom stereocenters. The van der Waals surface area contributed by atoms with Crippen molar-refractivity contribution in [3.05, 3.63) is 35.9 Å². The van der Waals surface area contributed by atoms with Gasteiger partial charge in [-0.1, -0.05) is 57.0 Å². The van der Waals surface area contributed by atoms with Gasteiger partial charge in [0.25, 0.3) is 0 Å². The Morgan fingerprint density at radius 2 is 1.95 bits per heavy atom. The summed E-state index contributed by atoms with van der Waals surface area (Å²) in [6, 6.07) is 11.0. The first-order valence-electron chi connectivity index (χ1n) is 7.55. The molecule has 0 spiro atoms. The molecule has 1 aliphatic heterocycles. The molecule has 2 rings (SSSR count).